The van der Waals surface area contributed by atoms with Gasteiger partial charge in [0.2, 0.25) is 0 Å². The molecule has 3 amide bonds. The van der Waals surface area contributed by atoms with Gasteiger partial charge in [0, 0.05) is 30.4 Å². The van der Waals surface area contributed by atoms with E-state index in [0.29, 0.717) is 35.8 Å². The van der Waals surface area contributed by atoms with Crippen LogP contribution in [-0.2, 0) is 0 Å². The standard InChI is InChI=1S/C24H31FN4O4/c1-15-12-29(16(2)14-30)23(31)20-11-19(9-10-21(20)33-22(15)13-28(3)4)27-24(32)26-18-7-5-17(25)6-8-18/h5-11,15-16,22,30H,12-14H2,1-4H3,(H2,26,27,32)/t15-,16+,22+/m1/s1. The van der Waals surface area contributed by atoms with Crippen molar-refractivity contribution in [3.05, 3.63) is 53.8 Å². The molecule has 0 bridgehead atoms. The van der Waals surface area contributed by atoms with E-state index in [-0.39, 0.29) is 30.6 Å². The fourth-order valence-corrected chi connectivity index (χ4v) is 3.70. The van der Waals surface area contributed by atoms with Gasteiger partial charge in [-0.05, 0) is 63.5 Å². The summed E-state index contributed by atoms with van der Waals surface area (Å²) in [7, 11) is 3.92. The molecule has 1 aliphatic rings. The van der Waals surface area contributed by atoms with E-state index >= 15 is 0 Å². The molecule has 0 spiro atoms. The predicted octanol–water partition coefficient (Wildman–Crippen LogP) is 3.25. The fourth-order valence-electron chi connectivity index (χ4n) is 3.70. The van der Waals surface area contributed by atoms with Gasteiger partial charge in [0.25, 0.3) is 5.91 Å². The molecule has 3 N–H and O–H groups in total. The minimum atomic E-state index is -0.527. The highest BCUT2D eigenvalue weighted by Gasteiger charge is 2.33. The number of anilines is 2. The highest BCUT2D eigenvalue weighted by molar-refractivity contribution is 6.02. The maximum Gasteiger partial charge on any atom is 0.323 e. The number of benzene rings is 2. The lowest BCUT2D eigenvalue weighted by Gasteiger charge is -2.37. The molecule has 0 saturated carbocycles. The monoisotopic (exact) mass is 458 g/mol. The summed E-state index contributed by atoms with van der Waals surface area (Å²) < 4.78 is 19.3. The summed E-state index contributed by atoms with van der Waals surface area (Å²) in [6, 6.07) is 9.41. The van der Waals surface area contributed by atoms with Crippen LogP contribution in [0.25, 0.3) is 0 Å². The number of carbonyl (C=O) groups is 2. The first-order valence-corrected chi connectivity index (χ1v) is 10.9. The van der Waals surface area contributed by atoms with E-state index in [1.165, 1.54) is 24.3 Å². The molecule has 1 aliphatic heterocycles. The number of likely N-dealkylation sites (N-methyl/N-ethyl adjacent to an activating group) is 1. The van der Waals surface area contributed by atoms with Crippen molar-refractivity contribution in [1.29, 1.82) is 0 Å². The molecule has 0 aromatic heterocycles. The van der Waals surface area contributed by atoms with Gasteiger partial charge in [-0.2, -0.15) is 0 Å². The number of amides is 3. The largest absolute Gasteiger partial charge is 0.488 e. The van der Waals surface area contributed by atoms with Crippen molar-refractivity contribution < 1.29 is 23.8 Å². The Kier molecular flexibility index (Phi) is 7.88. The number of rotatable bonds is 6. The first kappa shape index (κ1) is 24.5. The van der Waals surface area contributed by atoms with Gasteiger partial charge < -0.3 is 30.3 Å². The number of nitrogens with one attached hydrogen (secondary N) is 2. The summed E-state index contributed by atoms with van der Waals surface area (Å²) >= 11 is 0. The number of ether oxygens (including phenoxy) is 1. The molecule has 2 aromatic carbocycles. The summed E-state index contributed by atoms with van der Waals surface area (Å²) in [6.45, 7) is 4.76. The van der Waals surface area contributed by atoms with Crippen LogP contribution >= 0.6 is 0 Å². The summed E-state index contributed by atoms with van der Waals surface area (Å²) in [6.07, 6.45) is -0.166. The zero-order chi connectivity index (χ0) is 24.1. The second-order valence-electron chi connectivity index (χ2n) is 8.68. The van der Waals surface area contributed by atoms with E-state index < -0.39 is 11.8 Å². The molecule has 3 rings (SSSR count). The fraction of sp³-hybridized carbons (Fsp3) is 0.417. The van der Waals surface area contributed by atoms with E-state index in [2.05, 4.69) is 10.6 Å². The minimum absolute atomic E-state index is 0.0396. The van der Waals surface area contributed by atoms with Crippen LogP contribution in [0.1, 0.15) is 24.2 Å². The quantitative estimate of drug-likeness (QED) is 0.618. The molecule has 0 radical (unpaired) electrons. The smallest absolute Gasteiger partial charge is 0.323 e. The SMILES string of the molecule is C[C@@H]1CN([C@@H](C)CO)C(=O)c2cc(NC(=O)Nc3ccc(F)cc3)ccc2O[C@H]1CN(C)C. The Bertz CT molecular complexity index is 983. The Labute approximate surface area is 193 Å². The maximum atomic E-state index is 13.4. The lowest BCUT2D eigenvalue weighted by molar-refractivity contribution is 0.0363. The third-order valence-electron chi connectivity index (χ3n) is 5.57. The topological polar surface area (TPSA) is 94.1 Å². The highest BCUT2D eigenvalue weighted by Crippen LogP contribution is 2.30. The van der Waals surface area contributed by atoms with Crippen molar-refractivity contribution in [1.82, 2.24) is 9.80 Å². The van der Waals surface area contributed by atoms with Crippen LogP contribution in [0.2, 0.25) is 0 Å². The van der Waals surface area contributed by atoms with Crippen molar-refractivity contribution >= 4 is 23.3 Å². The van der Waals surface area contributed by atoms with Gasteiger partial charge in [-0.3, -0.25) is 4.79 Å². The Balaban J connectivity index is 1.87. The van der Waals surface area contributed by atoms with Crippen LogP contribution in [-0.4, -0.2) is 72.8 Å². The van der Waals surface area contributed by atoms with E-state index in [4.69, 9.17) is 4.74 Å². The van der Waals surface area contributed by atoms with Gasteiger partial charge in [-0.1, -0.05) is 6.92 Å². The van der Waals surface area contributed by atoms with Crippen molar-refractivity contribution in [2.24, 2.45) is 5.92 Å². The molecular formula is C24H31FN4O4. The van der Waals surface area contributed by atoms with Crippen molar-refractivity contribution in [2.75, 3.05) is 44.4 Å². The van der Waals surface area contributed by atoms with Gasteiger partial charge >= 0.3 is 6.03 Å². The number of halogens is 1. The summed E-state index contributed by atoms with van der Waals surface area (Å²) in [5.74, 6) is -0.204. The normalized spacial score (nSPS) is 19.2. The maximum absolute atomic E-state index is 13.4. The van der Waals surface area contributed by atoms with Crippen LogP contribution in [0.4, 0.5) is 20.6 Å². The van der Waals surface area contributed by atoms with Crippen LogP contribution in [0.5, 0.6) is 5.75 Å². The zero-order valence-electron chi connectivity index (χ0n) is 19.3. The van der Waals surface area contributed by atoms with Gasteiger partial charge in [-0.15, -0.1) is 0 Å². The van der Waals surface area contributed by atoms with E-state index in [1.807, 2.05) is 25.9 Å². The Hall–Kier alpha value is -3.17. The number of aliphatic hydroxyl groups excluding tert-OH is 1. The lowest BCUT2D eigenvalue weighted by Crippen LogP contribution is -2.49. The zero-order valence-corrected chi connectivity index (χ0v) is 19.3. The summed E-state index contributed by atoms with van der Waals surface area (Å²) in [5.41, 5.74) is 1.15. The molecule has 0 fully saturated rings. The average molecular weight is 459 g/mol. The minimum Gasteiger partial charge on any atom is -0.488 e. The van der Waals surface area contributed by atoms with Crippen LogP contribution in [0.3, 0.4) is 0 Å². The average Bonchev–Trinajstić information content (AvgIpc) is 2.77. The molecule has 0 unspecified atom stereocenters. The molecular weight excluding hydrogens is 427 g/mol. The van der Waals surface area contributed by atoms with Gasteiger partial charge in [0.1, 0.15) is 17.7 Å². The molecule has 1 heterocycles. The van der Waals surface area contributed by atoms with Crippen LogP contribution in [0, 0.1) is 11.7 Å². The lowest BCUT2D eigenvalue weighted by atomic mass is 9.99. The van der Waals surface area contributed by atoms with Crippen LogP contribution in [0.15, 0.2) is 42.5 Å². The van der Waals surface area contributed by atoms with Crippen LogP contribution < -0.4 is 15.4 Å². The molecule has 0 saturated heterocycles. The molecule has 0 aliphatic carbocycles. The second-order valence-corrected chi connectivity index (χ2v) is 8.68. The third kappa shape index (κ3) is 6.21. The van der Waals surface area contributed by atoms with Gasteiger partial charge in [0.05, 0.1) is 18.2 Å². The molecule has 33 heavy (non-hydrogen) atoms. The number of hydrogen-bond donors (Lipinski definition) is 3. The van der Waals surface area contributed by atoms with E-state index in [9.17, 15) is 19.1 Å². The van der Waals surface area contributed by atoms with Gasteiger partial charge in [0.15, 0.2) is 0 Å². The summed E-state index contributed by atoms with van der Waals surface area (Å²) in [5, 5.41) is 15.0. The first-order valence-electron chi connectivity index (χ1n) is 10.9. The number of fused-ring (bicyclic) bond motifs is 1. The number of carbonyl (C=O) groups excluding carboxylic acids is 2. The summed E-state index contributed by atoms with van der Waals surface area (Å²) in [4.78, 5) is 29.5. The molecule has 178 valence electrons. The number of urea groups is 1. The highest BCUT2D eigenvalue weighted by atomic mass is 19.1. The number of nitrogens with zero attached hydrogens (tertiary/aromatic N) is 2. The third-order valence-corrected chi connectivity index (χ3v) is 5.57. The van der Waals surface area contributed by atoms with Crippen molar-refractivity contribution in [3.8, 4) is 5.75 Å². The molecule has 8 nitrogen and oxygen atoms in total. The number of hydrogen-bond acceptors (Lipinski definition) is 5. The van der Waals surface area contributed by atoms with Gasteiger partial charge in [-0.25, -0.2) is 9.18 Å². The Morgan fingerprint density at radius 3 is 2.48 bits per heavy atom. The first-order chi connectivity index (χ1) is 15.7. The molecule has 9 heteroatoms. The Morgan fingerprint density at radius 1 is 1.21 bits per heavy atom. The van der Waals surface area contributed by atoms with E-state index in [1.54, 1.807) is 30.0 Å². The number of aliphatic hydroxyl groups is 1. The second kappa shape index (κ2) is 10.6. The van der Waals surface area contributed by atoms with E-state index in [0.717, 1.165) is 0 Å². The van der Waals surface area contributed by atoms with Crippen molar-refractivity contribution in [3.63, 3.8) is 0 Å². The molecule has 2 aromatic rings. The Morgan fingerprint density at radius 2 is 1.85 bits per heavy atom. The van der Waals surface area contributed by atoms with Crippen molar-refractivity contribution in [2.45, 2.75) is 26.0 Å². The molecule has 3 atom stereocenters. The predicted molar refractivity (Wildman–Crippen MR) is 125 cm³/mol.